The zero-order valence-electron chi connectivity index (χ0n) is 12.0. The van der Waals surface area contributed by atoms with E-state index in [1.807, 2.05) is 42.1 Å². The van der Waals surface area contributed by atoms with Crippen molar-refractivity contribution in [2.75, 3.05) is 24.6 Å². The van der Waals surface area contributed by atoms with E-state index in [-0.39, 0.29) is 18.4 Å². The maximum Gasteiger partial charge on any atom is 0.245 e. The Kier molecular flexibility index (Phi) is 4.48. The Morgan fingerprint density at radius 3 is 2.76 bits per heavy atom. The minimum Gasteiger partial charge on any atom is -0.342 e. The zero-order chi connectivity index (χ0) is 14.7. The second-order valence-electron chi connectivity index (χ2n) is 5.76. The largest absolute Gasteiger partial charge is 0.342 e. The van der Waals surface area contributed by atoms with Crippen molar-refractivity contribution in [2.24, 2.45) is 5.92 Å². The molecule has 2 unspecified atom stereocenters. The molecule has 5 heteroatoms. The Balaban J connectivity index is 1.66. The fourth-order valence-corrected chi connectivity index (χ4v) is 4.23. The quantitative estimate of drug-likeness (QED) is 0.912. The minimum atomic E-state index is -0.414. The molecule has 112 valence electrons. The van der Waals surface area contributed by atoms with E-state index in [4.69, 9.17) is 0 Å². The molecule has 0 radical (unpaired) electrons. The highest BCUT2D eigenvalue weighted by atomic mass is 32.2. The van der Waals surface area contributed by atoms with Gasteiger partial charge in [0.1, 0.15) is 6.04 Å². The Morgan fingerprint density at radius 2 is 2.05 bits per heavy atom. The van der Waals surface area contributed by atoms with Crippen molar-refractivity contribution in [3.8, 4) is 0 Å². The first-order chi connectivity index (χ1) is 10.2. The summed E-state index contributed by atoms with van der Waals surface area (Å²) in [6, 6.07) is 9.44. The number of hydrogen-bond donors (Lipinski definition) is 1. The van der Waals surface area contributed by atoms with Crippen LogP contribution in [0.2, 0.25) is 0 Å². The van der Waals surface area contributed by atoms with Crippen LogP contribution < -0.4 is 5.32 Å². The van der Waals surface area contributed by atoms with Crippen molar-refractivity contribution < 1.29 is 9.59 Å². The molecule has 2 aliphatic rings. The number of carbonyl (C=O) groups excluding carboxylic acids is 2. The summed E-state index contributed by atoms with van der Waals surface area (Å²) in [5, 5.41) is 2.83. The summed E-state index contributed by atoms with van der Waals surface area (Å²) < 4.78 is 0. The zero-order valence-corrected chi connectivity index (χ0v) is 12.8. The number of carbonyl (C=O) groups is 2. The minimum absolute atomic E-state index is 0.0406. The average molecular weight is 304 g/mol. The van der Waals surface area contributed by atoms with Gasteiger partial charge in [0, 0.05) is 13.0 Å². The third-order valence-corrected chi connectivity index (χ3v) is 5.30. The Morgan fingerprint density at radius 1 is 1.24 bits per heavy atom. The first kappa shape index (κ1) is 14.4. The van der Waals surface area contributed by atoms with Crippen LogP contribution in [0.3, 0.4) is 0 Å². The third-order valence-electron chi connectivity index (χ3n) is 4.06. The maximum absolute atomic E-state index is 12.6. The van der Waals surface area contributed by atoms with Crippen molar-refractivity contribution in [3.63, 3.8) is 0 Å². The van der Waals surface area contributed by atoms with E-state index >= 15 is 0 Å². The molecule has 2 atom stereocenters. The van der Waals surface area contributed by atoms with Crippen LogP contribution in [0.25, 0.3) is 0 Å². The van der Waals surface area contributed by atoms with Gasteiger partial charge in [-0.15, -0.1) is 0 Å². The molecule has 3 rings (SSSR count). The van der Waals surface area contributed by atoms with E-state index in [0.717, 1.165) is 24.3 Å². The van der Waals surface area contributed by atoms with Crippen molar-refractivity contribution in [1.82, 2.24) is 10.2 Å². The standard InChI is InChI=1S/C16H20N2O2S/c19-15-10-18(9-13-6-7-21-11-13)16(20)14(17-15)8-12-4-2-1-3-5-12/h1-5,13-14H,6-11H2,(H,17,19). The first-order valence-electron chi connectivity index (χ1n) is 7.42. The van der Waals surface area contributed by atoms with Crippen molar-refractivity contribution in [2.45, 2.75) is 18.9 Å². The number of benzene rings is 1. The predicted octanol–water partition coefficient (Wildman–Crippen LogP) is 1.31. The highest BCUT2D eigenvalue weighted by molar-refractivity contribution is 7.99. The number of amides is 2. The van der Waals surface area contributed by atoms with Gasteiger partial charge in [0.2, 0.25) is 11.8 Å². The average Bonchev–Trinajstić information content (AvgIpc) is 2.98. The SMILES string of the molecule is O=C1CN(CC2CCSC2)C(=O)C(Cc2ccccc2)N1. The normalized spacial score (nSPS) is 26.0. The molecule has 0 aliphatic carbocycles. The number of piperazine rings is 1. The molecule has 2 heterocycles. The fraction of sp³-hybridized carbons (Fsp3) is 0.500. The van der Waals surface area contributed by atoms with Gasteiger partial charge in [-0.2, -0.15) is 11.8 Å². The van der Waals surface area contributed by atoms with Crippen LogP contribution >= 0.6 is 11.8 Å². The Hall–Kier alpha value is -1.49. The molecule has 1 aromatic rings. The number of nitrogens with zero attached hydrogens (tertiary/aromatic N) is 1. The first-order valence-corrected chi connectivity index (χ1v) is 8.57. The lowest BCUT2D eigenvalue weighted by Crippen LogP contribution is -2.59. The van der Waals surface area contributed by atoms with Gasteiger partial charge in [-0.1, -0.05) is 30.3 Å². The van der Waals surface area contributed by atoms with Gasteiger partial charge in [-0.25, -0.2) is 0 Å². The predicted molar refractivity (Wildman–Crippen MR) is 84.1 cm³/mol. The molecule has 1 N–H and O–H groups in total. The van der Waals surface area contributed by atoms with Crippen molar-refractivity contribution in [3.05, 3.63) is 35.9 Å². The number of rotatable bonds is 4. The molecular formula is C16H20N2O2S. The van der Waals surface area contributed by atoms with E-state index in [1.54, 1.807) is 4.90 Å². The molecule has 2 saturated heterocycles. The second-order valence-corrected chi connectivity index (χ2v) is 6.91. The Labute approximate surface area is 129 Å². The van der Waals surface area contributed by atoms with Gasteiger partial charge >= 0.3 is 0 Å². The molecule has 0 bridgehead atoms. The Bertz CT molecular complexity index is 514. The van der Waals surface area contributed by atoms with Crippen LogP contribution in [-0.2, 0) is 16.0 Å². The summed E-state index contributed by atoms with van der Waals surface area (Å²) >= 11 is 1.94. The second kappa shape index (κ2) is 6.52. The third kappa shape index (κ3) is 3.59. The number of hydrogen-bond acceptors (Lipinski definition) is 3. The molecule has 2 fully saturated rings. The molecule has 4 nitrogen and oxygen atoms in total. The van der Waals surface area contributed by atoms with E-state index in [0.29, 0.717) is 12.3 Å². The number of nitrogens with one attached hydrogen (secondary N) is 1. The van der Waals surface area contributed by atoms with Gasteiger partial charge in [-0.05, 0) is 29.4 Å². The summed E-state index contributed by atoms with van der Waals surface area (Å²) in [7, 11) is 0. The molecule has 2 aliphatic heterocycles. The molecule has 1 aromatic carbocycles. The van der Waals surface area contributed by atoms with E-state index < -0.39 is 6.04 Å². The highest BCUT2D eigenvalue weighted by Crippen LogP contribution is 2.25. The molecular weight excluding hydrogens is 284 g/mol. The summed E-state index contributed by atoms with van der Waals surface area (Å²) in [5.41, 5.74) is 1.08. The van der Waals surface area contributed by atoms with E-state index in [2.05, 4.69) is 5.32 Å². The molecule has 0 spiro atoms. The van der Waals surface area contributed by atoms with Gasteiger partial charge < -0.3 is 10.2 Å². The van der Waals surface area contributed by atoms with Gasteiger partial charge in [-0.3, -0.25) is 9.59 Å². The monoisotopic (exact) mass is 304 g/mol. The van der Waals surface area contributed by atoms with E-state index in [1.165, 1.54) is 5.75 Å². The van der Waals surface area contributed by atoms with Gasteiger partial charge in [0.25, 0.3) is 0 Å². The van der Waals surface area contributed by atoms with Crippen LogP contribution in [0.5, 0.6) is 0 Å². The van der Waals surface area contributed by atoms with Crippen molar-refractivity contribution >= 4 is 23.6 Å². The molecule has 0 aromatic heterocycles. The van der Waals surface area contributed by atoms with E-state index in [9.17, 15) is 9.59 Å². The van der Waals surface area contributed by atoms with Crippen LogP contribution in [0.4, 0.5) is 0 Å². The van der Waals surface area contributed by atoms with Crippen LogP contribution in [0, 0.1) is 5.92 Å². The topological polar surface area (TPSA) is 49.4 Å². The smallest absolute Gasteiger partial charge is 0.245 e. The summed E-state index contributed by atoms with van der Waals surface area (Å²) in [6.45, 7) is 0.940. The maximum atomic E-state index is 12.6. The van der Waals surface area contributed by atoms with Crippen LogP contribution in [0.15, 0.2) is 30.3 Å². The molecule has 21 heavy (non-hydrogen) atoms. The summed E-state index contributed by atoms with van der Waals surface area (Å²) in [6.07, 6.45) is 1.72. The summed E-state index contributed by atoms with van der Waals surface area (Å²) in [5.74, 6) is 2.85. The van der Waals surface area contributed by atoms with Crippen LogP contribution in [-0.4, -0.2) is 47.4 Å². The fourth-order valence-electron chi connectivity index (χ4n) is 2.96. The lowest BCUT2D eigenvalue weighted by Gasteiger charge is -2.34. The lowest BCUT2D eigenvalue weighted by molar-refractivity contribution is -0.144. The van der Waals surface area contributed by atoms with Gasteiger partial charge in [0.15, 0.2) is 0 Å². The van der Waals surface area contributed by atoms with Crippen molar-refractivity contribution in [1.29, 1.82) is 0 Å². The van der Waals surface area contributed by atoms with Crippen LogP contribution in [0.1, 0.15) is 12.0 Å². The molecule has 2 amide bonds. The van der Waals surface area contributed by atoms with Gasteiger partial charge in [0.05, 0.1) is 6.54 Å². The lowest BCUT2D eigenvalue weighted by atomic mass is 10.0. The summed E-state index contributed by atoms with van der Waals surface area (Å²) in [4.78, 5) is 26.2. The number of thioether (sulfide) groups is 1. The highest BCUT2D eigenvalue weighted by Gasteiger charge is 2.34. The molecule has 0 saturated carbocycles.